The van der Waals surface area contributed by atoms with Gasteiger partial charge in [0.25, 0.3) is 5.91 Å². The average Bonchev–Trinajstić information content (AvgIpc) is 2.36. The van der Waals surface area contributed by atoms with Crippen LogP contribution < -0.4 is 5.32 Å². The van der Waals surface area contributed by atoms with Gasteiger partial charge in [0.15, 0.2) is 0 Å². The summed E-state index contributed by atoms with van der Waals surface area (Å²) in [6, 6.07) is -1.88. The van der Waals surface area contributed by atoms with E-state index in [1.54, 1.807) is 0 Å². The number of urea groups is 1. The van der Waals surface area contributed by atoms with Crippen molar-refractivity contribution in [3.63, 3.8) is 0 Å². The fourth-order valence-electron chi connectivity index (χ4n) is 3.09. The maximum atomic E-state index is 12.6. The highest BCUT2D eigenvalue weighted by atomic mass is 16.2. The fraction of sp³-hybridized carbons (Fsp3) is 0.615. The van der Waals surface area contributed by atoms with Gasteiger partial charge in [0.05, 0.1) is 0 Å². The number of amides is 6. The lowest BCUT2D eigenvalue weighted by molar-refractivity contribution is -0.165. The summed E-state index contributed by atoms with van der Waals surface area (Å²) >= 11 is 0. The first-order chi connectivity index (χ1) is 9.88. The van der Waals surface area contributed by atoms with E-state index in [1.807, 2.05) is 0 Å². The summed E-state index contributed by atoms with van der Waals surface area (Å²) in [5.74, 6) is -2.11. The molecule has 1 saturated carbocycles. The number of likely N-dealkylation sites (tertiary alicyclic amines) is 1. The van der Waals surface area contributed by atoms with Gasteiger partial charge in [0.2, 0.25) is 17.7 Å². The largest absolute Gasteiger partial charge is 0.331 e. The number of hydrogen-bond donors (Lipinski definition) is 1. The van der Waals surface area contributed by atoms with Gasteiger partial charge in [-0.25, -0.2) is 4.79 Å². The number of rotatable bonds is 1. The van der Waals surface area contributed by atoms with Crippen molar-refractivity contribution in [1.29, 1.82) is 0 Å². The van der Waals surface area contributed by atoms with Crippen LogP contribution in [0.25, 0.3) is 0 Å². The monoisotopic (exact) mass is 293 g/mol. The number of likely N-dealkylation sites (N-methyl/N-ethyl adjacent to an activating group) is 1. The predicted molar refractivity (Wildman–Crippen MR) is 67.5 cm³/mol. The third-order valence-corrected chi connectivity index (χ3v) is 4.64. The molecule has 2 saturated heterocycles. The smallest absolute Gasteiger partial charge is 0.284 e. The zero-order valence-electron chi connectivity index (χ0n) is 11.5. The van der Waals surface area contributed by atoms with Crippen LogP contribution in [0.15, 0.2) is 0 Å². The summed E-state index contributed by atoms with van der Waals surface area (Å²) in [4.78, 5) is 61.9. The minimum atomic E-state index is -1.20. The predicted octanol–water partition coefficient (Wildman–Crippen LogP) is -0.618. The lowest BCUT2D eigenvalue weighted by Crippen LogP contribution is -2.70. The van der Waals surface area contributed by atoms with Gasteiger partial charge in [-0.15, -0.1) is 0 Å². The Hall–Kier alpha value is -2.25. The molecule has 0 bridgehead atoms. The second-order valence-electron chi connectivity index (χ2n) is 5.72. The molecule has 0 aromatic heterocycles. The van der Waals surface area contributed by atoms with E-state index in [4.69, 9.17) is 0 Å². The van der Waals surface area contributed by atoms with Crippen LogP contribution in [-0.2, 0) is 19.2 Å². The van der Waals surface area contributed by atoms with Crippen molar-refractivity contribution in [3.8, 4) is 0 Å². The number of nitrogens with zero attached hydrogens (tertiary/aromatic N) is 2. The highest BCUT2D eigenvalue weighted by molar-refractivity contribution is 6.21. The Kier molecular flexibility index (Phi) is 2.86. The SMILES string of the molecule is CN1C(=O)CCC(N2C(=O)NC(=O)C3(CCC3)C2=O)C1=O. The van der Waals surface area contributed by atoms with Crippen molar-refractivity contribution in [2.75, 3.05) is 7.05 Å². The number of carbonyl (C=O) groups excluding carboxylic acids is 5. The van der Waals surface area contributed by atoms with Crippen molar-refractivity contribution < 1.29 is 24.0 Å². The molecular weight excluding hydrogens is 278 g/mol. The molecule has 2 aliphatic heterocycles. The van der Waals surface area contributed by atoms with Crippen LogP contribution in [0.1, 0.15) is 32.1 Å². The summed E-state index contributed by atoms with van der Waals surface area (Å²) in [6.45, 7) is 0. The summed E-state index contributed by atoms with van der Waals surface area (Å²) in [5.41, 5.74) is -1.20. The van der Waals surface area contributed by atoms with E-state index >= 15 is 0 Å². The number of imide groups is 3. The zero-order valence-corrected chi connectivity index (χ0v) is 11.5. The molecule has 3 rings (SSSR count). The summed E-state index contributed by atoms with van der Waals surface area (Å²) in [7, 11) is 1.33. The molecule has 112 valence electrons. The van der Waals surface area contributed by atoms with Gasteiger partial charge in [-0.1, -0.05) is 6.42 Å². The Bertz CT molecular complexity index is 580. The number of hydrogen-bond acceptors (Lipinski definition) is 5. The molecular formula is C13H15N3O5. The van der Waals surface area contributed by atoms with Gasteiger partial charge in [0.1, 0.15) is 11.5 Å². The molecule has 0 aromatic carbocycles. The molecule has 1 N–H and O–H groups in total. The first kappa shape index (κ1) is 13.7. The van der Waals surface area contributed by atoms with Gasteiger partial charge in [-0.05, 0) is 19.3 Å². The first-order valence-electron chi connectivity index (χ1n) is 6.88. The summed E-state index contributed by atoms with van der Waals surface area (Å²) in [5, 5.41) is 2.17. The topological polar surface area (TPSA) is 104 Å². The quantitative estimate of drug-likeness (QED) is 0.512. The van der Waals surface area contributed by atoms with Crippen LogP contribution in [0.3, 0.4) is 0 Å². The molecule has 1 spiro atoms. The molecule has 8 nitrogen and oxygen atoms in total. The van der Waals surface area contributed by atoms with Crippen molar-refractivity contribution in [1.82, 2.24) is 15.1 Å². The van der Waals surface area contributed by atoms with E-state index in [9.17, 15) is 24.0 Å². The van der Waals surface area contributed by atoms with E-state index in [0.29, 0.717) is 12.8 Å². The number of nitrogens with one attached hydrogen (secondary N) is 1. The van der Waals surface area contributed by atoms with Crippen LogP contribution in [0.2, 0.25) is 0 Å². The van der Waals surface area contributed by atoms with E-state index in [1.165, 1.54) is 7.05 Å². The standard InChI is InChI=1S/C13H15N3O5/c1-15-8(17)4-3-7(9(15)18)16-11(20)13(5-2-6-13)10(19)14-12(16)21/h7H,2-6H2,1H3,(H,14,19,21). The van der Waals surface area contributed by atoms with E-state index in [-0.39, 0.29) is 18.7 Å². The molecule has 0 aromatic rings. The minimum Gasteiger partial charge on any atom is -0.284 e. The molecule has 8 heteroatoms. The van der Waals surface area contributed by atoms with Crippen molar-refractivity contribution in [3.05, 3.63) is 0 Å². The summed E-state index contributed by atoms with van der Waals surface area (Å²) in [6.07, 6.45) is 1.70. The van der Waals surface area contributed by atoms with E-state index in [2.05, 4.69) is 5.32 Å². The van der Waals surface area contributed by atoms with Crippen LogP contribution in [0.5, 0.6) is 0 Å². The average molecular weight is 293 g/mol. The van der Waals surface area contributed by atoms with Gasteiger partial charge in [-0.3, -0.25) is 34.3 Å². The third kappa shape index (κ3) is 1.71. The summed E-state index contributed by atoms with van der Waals surface area (Å²) < 4.78 is 0. The second kappa shape index (κ2) is 4.37. The maximum Gasteiger partial charge on any atom is 0.331 e. The molecule has 3 fully saturated rings. The fourth-order valence-corrected chi connectivity index (χ4v) is 3.09. The Morgan fingerprint density at radius 1 is 1.14 bits per heavy atom. The van der Waals surface area contributed by atoms with Gasteiger partial charge in [0, 0.05) is 13.5 Å². The number of piperidine rings is 1. The Labute approximate surface area is 120 Å². The van der Waals surface area contributed by atoms with Crippen molar-refractivity contribution >= 4 is 29.7 Å². The Balaban J connectivity index is 1.92. The van der Waals surface area contributed by atoms with Gasteiger partial charge >= 0.3 is 6.03 Å². The molecule has 1 unspecified atom stereocenters. The van der Waals surface area contributed by atoms with E-state index < -0.39 is 35.2 Å². The molecule has 1 atom stereocenters. The molecule has 21 heavy (non-hydrogen) atoms. The van der Waals surface area contributed by atoms with Crippen LogP contribution >= 0.6 is 0 Å². The Morgan fingerprint density at radius 2 is 1.81 bits per heavy atom. The van der Waals surface area contributed by atoms with Crippen LogP contribution in [0, 0.1) is 5.41 Å². The Morgan fingerprint density at radius 3 is 2.38 bits per heavy atom. The normalized spacial score (nSPS) is 28.8. The third-order valence-electron chi connectivity index (χ3n) is 4.64. The number of barbiturate groups is 1. The van der Waals surface area contributed by atoms with Crippen molar-refractivity contribution in [2.45, 2.75) is 38.1 Å². The number of carbonyl (C=O) groups is 5. The first-order valence-corrected chi connectivity index (χ1v) is 6.88. The second-order valence-corrected chi connectivity index (χ2v) is 5.72. The minimum absolute atomic E-state index is 0.0882. The lowest BCUT2D eigenvalue weighted by Gasteiger charge is -2.47. The molecule has 3 aliphatic rings. The molecule has 1 aliphatic carbocycles. The zero-order chi connectivity index (χ0) is 15.4. The molecule has 2 heterocycles. The van der Waals surface area contributed by atoms with Crippen LogP contribution in [-0.4, -0.2) is 52.5 Å². The highest BCUT2D eigenvalue weighted by Crippen LogP contribution is 2.45. The highest BCUT2D eigenvalue weighted by Gasteiger charge is 2.59. The van der Waals surface area contributed by atoms with Gasteiger partial charge in [-0.2, -0.15) is 0 Å². The van der Waals surface area contributed by atoms with Gasteiger partial charge < -0.3 is 0 Å². The molecule has 6 amide bonds. The lowest BCUT2D eigenvalue weighted by atomic mass is 9.66. The molecule has 0 radical (unpaired) electrons. The van der Waals surface area contributed by atoms with E-state index in [0.717, 1.165) is 16.2 Å². The maximum absolute atomic E-state index is 12.6. The van der Waals surface area contributed by atoms with Crippen molar-refractivity contribution in [2.24, 2.45) is 5.41 Å². The van der Waals surface area contributed by atoms with Crippen LogP contribution in [0.4, 0.5) is 4.79 Å².